The van der Waals surface area contributed by atoms with Crippen LogP contribution < -0.4 is 5.32 Å². The topological polar surface area (TPSA) is 12.0 Å². The summed E-state index contributed by atoms with van der Waals surface area (Å²) in [5.41, 5.74) is 2.80. The van der Waals surface area contributed by atoms with Crippen LogP contribution in [0, 0.1) is 0 Å². The summed E-state index contributed by atoms with van der Waals surface area (Å²) in [6.45, 7) is 2.03. The van der Waals surface area contributed by atoms with Crippen LogP contribution in [0.1, 0.15) is 11.1 Å². The van der Waals surface area contributed by atoms with Gasteiger partial charge in [0.05, 0.1) is 0 Å². The van der Waals surface area contributed by atoms with Crippen LogP contribution in [-0.2, 0) is 11.8 Å². The highest BCUT2D eigenvalue weighted by atomic mass is 79.9. The molecule has 0 aliphatic carbocycles. The van der Waals surface area contributed by atoms with Crippen molar-refractivity contribution in [2.45, 2.75) is 11.8 Å². The molecule has 3 heteroatoms. The quantitative estimate of drug-likeness (QED) is 0.886. The molecule has 0 unspecified atom stereocenters. The number of benzene rings is 2. The number of rotatable bonds is 3. The third-order valence-electron chi connectivity index (χ3n) is 3.87. The van der Waals surface area contributed by atoms with Crippen molar-refractivity contribution in [2.24, 2.45) is 0 Å². The van der Waals surface area contributed by atoms with Crippen LogP contribution in [0.25, 0.3) is 0 Å². The average Bonchev–Trinajstić information content (AvgIpc) is 2.37. The number of hydrogen-bond acceptors (Lipinski definition) is 1. The first-order valence-electron chi connectivity index (χ1n) is 6.40. The van der Waals surface area contributed by atoms with Gasteiger partial charge < -0.3 is 5.32 Å². The summed E-state index contributed by atoms with van der Waals surface area (Å²) in [6.07, 6.45) is 0.987. The first kappa shape index (κ1) is 13.2. The molecule has 0 bridgehead atoms. The SMILES string of the molecule is Clc1ccccc1CC1(c2ccc(Br)cc2)CNC1. The van der Waals surface area contributed by atoms with Gasteiger partial charge in [0.15, 0.2) is 0 Å². The van der Waals surface area contributed by atoms with Gasteiger partial charge in [-0.1, -0.05) is 57.9 Å². The molecule has 2 aromatic carbocycles. The van der Waals surface area contributed by atoms with Gasteiger partial charge in [-0.15, -0.1) is 0 Å². The summed E-state index contributed by atoms with van der Waals surface area (Å²) in [5.74, 6) is 0. The van der Waals surface area contributed by atoms with Gasteiger partial charge in [-0.2, -0.15) is 0 Å². The molecule has 1 aliphatic rings. The van der Waals surface area contributed by atoms with E-state index in [2.05, 4.69) is 57.6 Å². The molecule has 1 heterocycles. The molecule has 0 aromatic heterocycles. The van der Waals surface area contributed by atoms with Gasteiger partial charge in [0.2, 0.25) is 0 Å². The van der Waals surface area contributed by atoms with E-state index in [9.17, 15) is 0 Å². The zero-order chi connectivity index (χ0) is 13.3. The Balaban J connectivity index is 1.92. The molecule has 0 radical (unpaired) electrons. The summed E-state index contributed by atoms with van der Waals surface area (Å²) in [6, 6.07) is 16.8. The predicted molar refractivity (Wildman–Crippen MR) is 83.8 cm³/mol. The van der Waals surface area contributed by atoms with E-state index >= 15 is 0 Å². The molecule has 1 N–H and O–H groups in total. The number of nitrogens with one attached hydrogen (secondary N) is 1. The van der Waals surface area contributed by atoms with Crippen molar-refractivity contribution in [3.8, 4) is 0 Å². The Kier molecular flexibility index (Phi) is 3.66. The van der Waals surface area contributed by atoms with Crippen LogP contribution in [0.3, 0.4) is 0 Å². The van der Waals surface area contributed by atoms with E-state index in [1.54, 1.807) is 0 Å². The Bertz CT molecular complexity index is 576. The lowest BCUT2D eigenvalue weighted by Gasteiger charge is -2.43. The van der Waals surface area contributed by atoms with Gasteiger partial charge in [0.25, 0.3) is 0 Å². The number of hydrogen-bond donors (Lipinski definition) is 1. The van der Waals surface area contributed by atoms with Crippen molar-refractivity contribution in [3.05, 3.63) is 69.2 Å². The first-order valence-corrected chi connectivity index (χ1v) is 7.57. The molecule has 1 nitrogen and oxygen atoms in total. The largest absolute Gasteiger partial charge is 0.315 e. The molecule has 1 fully saturated rings. The summed E-state index contributed by atoms with van der Waals surface area (Å²) < 4.78 is 1.12. The van der Waals surface area contributed by atoms with Crippen molar-refractivity contribution in [1.82, 2.24) is 5.32 Å². The standard InChI is InChI=1S/C16H15BrClN/c17-14-7-5-13(6-8-14)16(10-19-11-16)9-12-3-1-2-4-15(12)18/h1-8,19H,9-11H2. The Morgan fingerprint density at radius 2 is 1.74 bits per heavy atom. The van der Waals surface area contributed by atoms with E-state index in [0.717, 1.165) is 29.0 Å². The fourth-order valence-electron chi connectivity index (χ4n) is 2.67. The van der Waals surface area contributed by atoms with Crippen molar-refractivity contribution >= 4 is 27.5 Å². The zero-order valence-corrected chi connectivity index (χ0v) is 12.8. The van der Waals surface area contributed by atoms with E-state index < -0.39 is 0 Å². The van der Waals surface area contributed by atoms with Gasteiger partial charge in [-0.3, -0.25) is 0 Å². The van der Waals surface area contributed by atoms with E-state index in [-0.39, 0.29) is 5.41 Å². The normalized spacial score (nSPS) is 16.9. The summed E-state index contributed by atoms with van der Waals surface area (Å²) >= 11 is 9.79. The van der Waals surface area contributed by atoms with Gasteiger partial charge in [0, 0.05) is 28.0 Å². The molecule has 98 valence electrons. The maximum Gasteiger partial charge on any atom is 0.0438 e. The molecule has 2 aromatic rings. The third kappa shape index (κ3) is 2.58. The van der Waals surface area contributed by atoms with E-state index in [1.165, 1.54) is 11.1 Å². The average molecular weight is 337 g/mol. The molecule has 0 saturated carbocycles. The molecule has 19 heavy (non-hydrogen) atoms. The minimum Gasteiger partial charge on any atom is -0.315 e. The monoisotopic (exact) mass is 335 g/mol. The highest BCUT2D eigenvalue weighted by Gasteiger charge is 2.38. The smallest absolute Gasteiger partial charge is 0.0438 e. The molecular formula is C16H15BrClN. The Morgan fingerprint density at radius 1 is 1.05 bits per heavy atom. The van der Waals surface area contributed by atoms with E-state index in [4.69, 9.17) is 11.6 Å². The number of halogens is 2. The third-order valence-corrected chi connectivity index (χ3v) is 4.77. The van der Waals surface area contributed by atoms with Gasteiger partial charge >= 0.3 is 0 Å². The first-order chi connectivity index (χ1) is 9.20. The van der Waals surface area contributed by atoms with Crippen LogP contribution in [0.2, 0.25) is 5.02 Å². The lowest BCUT2D eigenvalue weighted by atomic mass is 9.71. The van der Waals surface area contributed by atoms with Gasteiger partial charge in [0.1, 0.15) is 0 Å². The second-order valence-corrected chi connectivity index (χ2v) is 6.48. The Morgan fingerprint density at radius 3 is 2.32 bits per heavy atom. The predicted octanol–water partition coefficient (Wildman–Crippen LogP) is 4.19. The Hall–Kier alpha value is -0.830. The van der Waals surface area contributed by atoms with E-state index in [1.807, 2.05) is 12.1 Å². The molecule has 0 atom stereocenters. The maximum atomic E-state index is 6.30. The fraction of sp³-hybridized carbons (Fsp3) is 0.250. The fourth-order valence-corrected chi connectivity index (χ4v) is 3.13. The lowest BCUT2D eigenvalue weighted by molar-refractivity contribution is 0.275. The van der Waals surface area contributed by atoms with Crippen LogP contribution >= 0.6 is 27.5 Å². The molecular weight excluding hydrogens is 322 g/mol. The summed E-state index contributed by atoms with van der Waals surface area (Å²) in [5, 5.41) is 4.27. The van der Waals surface area contributed by atoms with Crippen LogP contribution in [0.15, 0.2) is 53.0 Å². The van der Waals surface area contributed by atoms with Gasteiger partial charge in [-0.25, -0.2) is 0 Å². The van der Waals surface area contributed by atoms with Crippen molar-refractivity contribution in [3.63, 3.8) is 0 Å². The Labute approximate surface area is 127 Å². The molecule has 0 spiro atoms. The molecule has 3 rings (SSSR count). The minimum atomic E-state index is 0.186. The maximum absolute atomic E-state index is 6.30. The van der Waals surface area contributed by atoms with Crippen LogP contribution in [-0.4, -0.2) is 13.1 Å². The van der Waals surface area contributed by atoms with Crippen molar-refractivity contribution in [2.75, 3.05) is 13.1 Å². The van der Waals surface area contributed by atoms with Crippen LogP contribution in [0.4, 0.5) is 0 Å². The summed E-state index contributed by atoms with van der Waals surface area (Å²) in [4.78, 5) is 0. The molecule has 1 saturated heterocycles. The van der Waals surface area contributed by atoms with Gasteiger partial charge in [-0.05, 0) is 35.7 Å². The van der Waals surface area contributed by atoms with E-state index in [0.29, 0.717) is 0 Å². The second-order valence-electron chi connectivity index (χ2n) is 5.16. The highest BCUT2D eigenvalue weighted by Crippen LogP contribution is 2.34. The minimum absolute atomic E-state index is 0.186. The summed E-state index contributed by atoms with van der Waals surface area (Å²) in [7, 11) is 0. The lowest BCUT2D eigenvalue weighted by Crippen LogP contribution is -2.58. The van der Waals surface area contributed by atoms with Crippen molar-refractivity contribution in [1.29, 1.82) is 0 Å². The van der Waals surface area contributed by atoms with Crippen molar-refractivity contribution < 1.29 is 0 Å². The molecule has 1 aliphatic heterocycles. The second kappa shape index (κ2) is 5.28. The van der Waals surface area contributed by atoms with Crippen LogP contribution in [0.5, 0.6) is 0 Å². The zero-order valence-electron chi connectivity index (χ0n) is 10.5. The molecule has 0 amide bonds. The highest BCUT2D eigenvalue weighted by molar-refractivity contribution is 9.10.